The average Bonchev–Trinajstić information content (AvgIpc) is 3.08. The lowest BCUT2D eigenvalue weighted by Crippen LogP contribution is -2.14. The van der Waals surface area contributed by atoms with E-state index >= 15 is 0 Å². The molecule has 0 aromatic heterocycles. The van der Waals surface area contributed by atoms with Gasteiger partial charge in [-0.05, 0) is 69.8 Å². The highest BCUT2D eigenvalue weighted by Crippen LogP contribution is 2.23. The highest BCUT2D eigenvalue weighted by atomic mass is 16.5. The molecule has 0 saturated carbocycles. The number of cyclic esters (lactones) is 1. The van der Waals surface area contributed by atoms with Gasteiger partial charge in [0.2, 0.25) is 0 Å². The van der Waals surface area contributed by atoms with Crippen LogP contribution in [0.4, 0.5) is 0 Å². The van der Waals surface area contributed by atoms with Crippen LogP contribution < -0.4 is 0 Å². The van der Waals surface area contributed by atoms with E-state index in [0.717, 1.165) is 56.1 Å². The first-order valence-electron chi connectivity index (χ1n) is 10.3. The Morgan fingerprint density at radius 2 is 1.89 bits per heavy atom. The summed E-state index contributed by atoms with van der Waals surface area (Å²) in [6.07, 6.45) is 10.9. The van der Waals surface area contributed by atoms with Crippen molar-refractivity contribution in [3.8, 4) is 0 Å². The Morgan fingerprint density at radius 3 is 2.50 bits per heavy atom. The lowest BCUT2D eigenvalue weighted by molar-refractivity contribution is -0.142. The Morgan fingerprint density at radius 1 is 1.18 bits per heavy atom. The molecule has 0 fully saturated rings. The Labute approximate surface area is 168 Å². The third kappa shape index (κ3) is 10.6. The molecule has 0 amide bonds. The van der Waals surface area contributed by atoms with E-state index in [1.807, 2.05) is 19.1 Å². The number of allylic oxidation sites excluding steroid dienone is 1. The standard InChI is InChI=1S/C22H36O6/c1-17(14-23)6-3-9-20(16-28-18(2)25)10-4-7-19(15-24)8-5-11-21-12-13-27-22(21)26/h6,12,19-20,23-24H,3-5,7-11,13-16H2,1-2H3/b17-6+/t19-,20-/m1/s1. The molecule has 0 aromatic rings. The molecule has 1 aliphatic heterocycles. The van der Waals surface area contributed by atoms with Crippen molar-refractivity contribution in [3.63, 3.8) is 0 Å². The van der Waals surface area contributed by atoms with Gasteiger partial charge in [0.05, 0.1) is 13.2 Å². The maximum Gasteiger partial charge on any atom is 0.334 e. The van der Waals surface area contributed by atoms with Crippen LogP contribution in [-0.4, -0.2) is 48.6 Å². The zero-order valence-electron chi connectivity index (χ0n) is 17.3. The van der Waals surface area contributed by atoms with Crippen LogP contribution in [0.2, 0.25) is 0 Å². The predicted molar refractivity (Wildman–Crippen MR) is 108 cm³/mol. The van der Waals surface area contributed by atoms with Crippen LogP contribution in [-0.2, 0) is 19.1 Å². The van der Waals surface area contributed by atoms with Gasteiger partial charge in [-0.1, -0.05) is 18.1 Å². The van der Waals surface area contributed by atoms with E-state index < -0.39 is 0 Å². The van der Waals surface area contributed by atoms with Crippen LogP contribution in [0.3, 0.4) is 0 Å². The minimum absolute atomic E-state index is 0.0709. The van der Waals surface area contributed by atoms with Gasteiger partial charge >= 0.3 is 11.9 Å². The Bertz CT molecular complexity index is 537. The van der Waals surface area contributed by atoms with Gasteiger partial charge < -0.3 is 19.7 Å². The molecule has 2 N–H and O–H groups in total. The summed E-state index contributed by atoms with van der Waals surface area (Å²) in [5.41, 5.74) is 1.71. The van der Waals surface area contributed by atoms with Gasteiger partial charge in [-0.2, -0.15) is 0 Å². The first kappa shape index (κ1) is 24.4. The molecule has 6 nitrogen and oxygen atoms in total. The quantitative estimate of drug-likeness (QED) is 0.326. The van der Waals surface area contributed by atoms with Crippen LogP contribution in [0.5, 0.6) is 0 Å². The monoisotopic (exact) mass is 396 g/mol. The fourth-order valence-corrected chi connectivity index (χ4v) is 3.38. The molecule has 0 saturated heterocycles. The fourth-order valence-electron chi connectivity index (χ4n) is 3.38. The van der Waals surface area contributed by atoms with Crippen molar-refractivity contribution in [2.45, 2.75) is 65.2 Å². The maximum atomic E-state index is 11.4. The average molecular weight is 397 g/mol. The van der Waals surface area contributed by atoms with E-state index in [4.69, 9.17) is 14.6 Å². The molecule has 0 aliphatic carbocycles. The molecule has 1 aliphatic rings. The normalized spacial score (nSPS) is 16.5. The zero-order chi connectivity index (χ0) is 20.8. The van der Waals surface area contributed by atoms with Crippen LogP contribution >= 0.6 is 0 Å². The highest BCUT2D eigenvalue weighted by Gasteiger charge is 2.17. The van der Waals surface area contributed by atoms with E-state index in [1.54, 1.807) is 0 Å². The largest absolute Gasteiger partial charge is 0.466 e. The second kappa shape index (κ2) is 14.4. The number of aliphatic hydroxyl groups is 2. The number of ether oxygens (including phenoxy) is 2. The number of carbonyl (C=O) groups is 2. The van der Waals surface area contributed by atoms with Gasteiger partial charge in [0.1, 0.15) is 6.61 Å². The summed E-state index contributed by atoms with van der Waals surface area (Å²) < 4.78 is 10.1. The van der Waals surface area contributed by atoms with Gasteiger partial charge in [0, 0.05) is 19.1 Å². The molecule has 1 heterocycles. The molecule has 0 bridgehead atoms. The van der Waals surface area contributed by atoms with Crippen LogP contribution in [0.25, 0.3) is 0 Å². The lowest BCUT2D eigenvalue weighted by atomic mass is 9.91. The molecule has 2 atom stereocenters. The van der Waals surface area contributed by atoms with Crippen LogP contribution in [0, 0.1) is 11.8 Å². The Hall–Kier alpha value is -1.66. The summed E-state index contributed by atoms with van der Waals surface area (Å²) >= 11 is 0. The van der Waals surface area contributed by atoms with Crippen molar-refractivity contribution in [2.24, 2.45) is 11.8 Å². The first-order chi connectivity index (χ1) is 13.5. The van der Waals surface area contributed by atoms with Gasteiger partial charge in [-0.3, -0.25) is 4.79 Å². The second-order valence-corrected chi connectivity index (χ2v) is 7.65. The summed E-state index contributed by atoms with van der Waals surface area (Å²) in [6.45, 7) is 4.34. The molecule has 0 unspecified atom stereocenters. The number of esters is 2. The number of rotatable bonds is 15. The molecule has 0 radical (unpaired) electrons. The number of aliphatic hydroxyl groups excluding tert-OH is 2. The van der Waals surface area contributed by atoms with Crippen molar-refractivity contribution in [3.05, 3.63) is 23.3 Å². The second-order valence-electron chi connectivity index (χ2n) is 7.65. The topological polar surface area (TPSA) is 93.1 Å². The van der Waals surface area contributed by atoms with E-state index in [-0.39, 0.29) is 37.0 Å². The Kier molecular flexibility index (Phi) is 12.5. The van der Waals surface area contributed by atoms with Crippen molar-refractivity contribution in [1.29, 1.82) is 0 Å². The predicted octanol–water partition coefficient (Wildman–Crippen LogP) is 3.32. The smallest absolute Gasteiger partial charge is 0.334 e. The lowest BCUT2D eigenvalue weighted by Gasteiger charge is -2.18. The van der Waals surface area contributed by atoms with Gasteiger partial charge in [0.25, 0.3) is 0 Å². The zero-order valence-corrected chi connectivity index (χ0v) is 17.3. The minimum atomic E-state index is -0.264. The van der Waals surface area contributed by atoms with Crippen LogP contribution in [0.1, 0.15) is 65.2 Å². The van der Waals surface area contributed by atoms with E-state index in [2.05, 4.69) is 0 Å². The number of hydrogen-bond acceptors (Lipinski definition) is 6. The van der Waals surface area contributed by atoms with E-state index in [0.29, 0.717) is 19.6 Å². The molecule has 0 spiro atoms. The number of carbonyl (C=O) groups excluding carboxylic acids is 2. The summed E-state index contributed by atoms with van der Waals surface area (Å²) in [5.74, 6) is 0.0349. The van der Waals surface area contributed by atoms with Crippen molar-refractivity contribution in [1.82, 2.24) is 0 Å². The summed E-state index contributed by atoms with van der Waals surface area (Å²) in [4.78, 5) is 22.5. The van der Waals surface area contributed by atoms with Crippen molar-refractivity contribution in [2.75, 3.05) is 26.4 Å². The van der Waals surface area contributed by atoms with Gasteiger partial charge in [0.15, 0.2) is 0 Å². The third-order valence-corrected chi connectivity index (χ3v) is 5.19. The van der Waals surface area contributed by atoms with E-state index in [9.17, 15) is 14.7 Å². The fraction of sp³-hybridized carbons (Fsp3) is 0.727. The van der Waals surface area contributed by atoms with E-state index in [1.165, 1.54) is 6.92 Å². The van der Waals surface area contributed by atoms with Gasteiger partial charge in [-0.25, -0.2) is 4.79 Å². The molecule has 160 valence electrons. The summed E-state index contributed by atoms with van der Waals surface area (Å²) in [5, 5.41) is 18.7. The molecule has 1 rings (SSSR count). The maximum absolute atomic E-state index is 11.4. The molecule has 28 heavy (non-hydrogen) atoms. The molecule has 0 aromatic carbocycles. The van der Waals surface area contributed by atoms with Gasteiger partial charge in [-0.15, -0.1) is 0 Å². The summed E-state index contributed by atoms with van der Waals surface area (Å²) in [6, 6.07) is 0. The summed E-state index contributed by atoms with van der Waals surface area (Å²) in [7, 11) is 0. The molecular weight excluding hydrogens is 360 g/mol. The SMILES string of the molecule is CC(=O)OC[C@H](CC/C=C(\C)CO)CCC[C@@H](CO)CCCC1=CCOC1=O. The first-order valence-corrected chi connectivity index (χ1v) is 10.3. The third-order valence-electron chi connectivity index (χ3n) is 5.19. The molecule has 6 heteroatoms. The highest BCUT2D eigenvalue weighted by molar-refractivity contribution is 5.90. The Balaban J connectivity index is 2.32. The van der Waals surface area contributed by atoms with Crippen molar-refractivity contribution >= 4 is 11.9 Å². The van der Waals surface area contributed by atoms with Crippen LogP contribution in [0.15, 0.2) is 23.3 Å². The molecular formula is C22H36O6. The minimum Gasteiger partial charge on any atom is -0.466 e. The number of hydrogen-bond donors (Lipinski definition) is 2. The van der Waals surface area contributed by atoms with Crippen molar-refractivity contribution < 1.29 is 29.3 Å².